The number of para-hydroxylation sites is 2. The molecule has 0 radical (unpaired) electrons. The van der Waals surface area contributed by atoms with Crippen molar-refractivity contribution in [1.29, 1.82) is 0 Å². The summed E-state index contributed by atoms with van der Waals surface area (Å²) < 4.78 is 1.16. The number of benzene rings is 2. The first kappa shape index (κ1) is 18.1. The normalized spacial score (nSPS) is 17.7. The summed E-state index contributed by atoms with van der Waals surface area (Å²) in [5.74, 6) is 0.108. The van der Waals surface area contributed by atoms with Gasteiger partial charge in [-0.2, -0.15) is 0 Å². The lowest BCUT2D eigenvalue weighted by Crippen LogP contribution is -2.62. The number of nitrogens with one attached hydrogen (secondary N) is 2. The lowest BCUT2D eigenvalue weighted by atomic mass is 9.92. The first-order valence-electron chi connectivity index (χ1n) is 9.94. The fraction of sp³-hybridized carbons (Fsp3) is 0.318. The third-order valence-electron chi connectivity index (χ3n) is 5.76. The standard InChI is InChI=1S/C22H22N4O2S/c27-20(10-9-19-23-17-7-3-4-8-18(17)29-19)26-13-11-22(12-14-26)24-16-6-2-1-5-15(16)21(28)25-22/h1-8,24H,9-14H2,(H,25,28). The number of nitrogens with zero attached hydrogens (tertiary/aromatic N) is 2. The molecule has 0 bridgehead atoms. The number of carbonyl (C=O) groups is 2. The Bertz CT molecular complexity index is 1050. The van der Waals surface area contributed by atoms with Crippen molar-refractivity contribution in [2.45, 2.75) is 31.3 Å². The molecule has 2 amide bonds. The van der Waals surface area contributed by atoms with E-state index >= 15 is 0 Å². The highest BCUT2D eigenvalue weighted by molar-refractivity contribution is 7.18. The second kappa shape index (κ2) is 7.15. The highest BCUT2D eigenvalue weighted by Crippen LogP contribution is 2.31. The summed E-state index contributed by atoms with van der Waals surface area (Å²) in [4.78, 5) is 31.7. The summed E-state index contributed by atoms with van der Waals surface area (Å²) in [5.41, 5.74) is 2.08. The van der Waals surface area contributed by atoms with Crippen molar-refractivity contribution in [3.63, 3.8) is 0 Å². The summed E-state index contributed by atoms with van der Waals surface area (Å²) in [6.07, 6.45) is 2.53. The van der Waals surface area contributed by atoms with Gasteiger partial charge in [-0.25, -0.2) is 4.98 Å². The number of hydrogen-bond acceptors (Lipinski definition) is 5. The highest BCUT2D eigenvalue weighted by Gasteiger charge is 2.40. The van der Waals surface area contributed by atoms with Crippen LogP contribution in [0.2, 0.25) is 0 Å². The average molecular weight is 407 g/mol. The topological polar surface area (TPSA) is 74.3 Å². The molecule has 0 saturated carbocycles. The molecule has 2 aliphatic rings. The van der Waals surface area contributed by atoms with Gasteiger partial charge in [0.2, 0.25) is 5.91 Å². The number of fused-ring (bicyclic) bond motifs is 2. The first-order chi connectivity index (χ1) is 14.1. The highest BCUT2D eigenvalue weighted by atomic mass is 32.1. The van der Waals surface area contributed by atoms with E-state index in [1.807, 2.05) is 47.4 Å². The third-order valence-corrected chi connectivity index (χ3v) is 6.86. The molecule has 0 unspecified atom stereocenters. The van der Waals surface area contributed by atoms with Crippen LogP contribution in [0.5, 0.6) is 0 Å². The van der Waals surface area contributed by atoms with Crippen LogP contribution >= 0.6 is 11.3 Å². The van der Waals surface area contributed by atoms with Crippen LogP contribution in [-0.4, -0.2) is 40.5 Å². The minimum Gasteiger partial charge on any atom is -0.362 e. The van der Waals surface area contributed by atoms with Crippen LogP contribution in [0, 0.1) is 0 Å². The minimum absolute atomic E-state index is 0.0463. The Morgan fingerprint density at radius 1 is 1.07 bits per heavy atom. The predicted molar refractivity (Wildman–Crippen MR) is 114 cm³/mol. The largest absolute Gasteiger partial charge is 0.362 e. The fourth-order valence-electron chi connectivity index (χ4n) is 4.15. The minimum atomic E-state index is -0.463. The molecule has 5 rings (SSSR count). The number of carbonyl (C=O) groups excluding carboxylic acids is 2. The van der Waals surface area contributed by atoms with Crippen LogP contribution in [0.25, 0.3) is 10.2 Å². The van der Waals surface area contributed by atoms with Gasteiger partial charge in [-0.3, -0.25) is 9.59 Å². The molecule has 2 N–H and O–H groups in total. The summed E-state index contributed by atoms with van der Waals surface area (Å²) in [5, 5.41) is 7.63. The number of likely N-dealkylation sites (tertiary alicyclic amines) is 1. The molecule has 148 valence electrons. The smallest absolute Gasteiger partial charge is 0.255 e. The van der Waals surface area contributed by atoms with Crippen LogP contribution in [0.15, 0.2) is 48.5 Å². The third kappa shape index (κ3) is 3.46. The Morgan fingerprint density at radius 3 is 2.66 bits per heavy atom. The van der Waals surface area contributed by atoms with Gasteiger partial charge < -0.3 is 15.5 Å². The van der Waals surface area contributed by atoms with Gasteiger partial charge in [0, 0.05) is 44.5 Å². The molecule has 1 aromatic heterocycles. The van der Waals surface area contributed by atoms with E-state index in [9.17, 15) is 9.59 Å². The van der Waals surface area contributed by atoms with E-state index in [0.29, 0.717) is 44.3 Å². The van der Waals surface area contributed by atoms with Crippen molar-refractivity contribution < 1.29 is 9.59 Å². The quantitative estimate of drug-likeness (QED) is 0.699. The lowest BCUT2D eigenvalue weighted by molar-refractivity contribution is -0.132. The van der Waals surface area contributed by atoms with Crippen molar-refractivity contribution in [3.05, 3.63) is 59.1 Å². The number of piperidine rings is 1. The summed E-state index contributed by atoms with van der Waals surface area (Å²) >= 11 is 1.66. The van der Waals surface area contributed by atoms with Gasteiger partial charge in [-0.15, -0.1) is 11.3 Å². The van der Waals surface area contributed by atoms with E-state index in [1.165, 1.54) is 0 Å². The van der Waals surface area contributed by atoms with Crippen molar-refractivity contribution in [2.24, 2.45) is 0 Å². The van der Waals surface area contributed by atoms with Gasteiger partial charge in [0.15, 0.2) is 0 Å². The number of amides is 2. The van der Waals surface area contributed by atoms with E-state index in [2.05, 4.69) is 21.7 Å². The summed E-state index contributed by atoms with van der Waals surface area (Å²) in [6, 6.07) is 15.6. The zero-order valence-corrected chi connectivity index (χ0v) is 16.8. The van der Waals surface area contributed by atoms with Crippen LogP contribution in [0.4, 0.5) is 5.69 Å². The van der Waals surface area contributed by atoms with E-state index < -0.39 is 5.66 Å². The maximum Gasteiger partial charge on any atom is 0.255 e. The van der Waals surface area contributed by atoms with E-state index in [4.69, 9.17) is 0 Å². The second-order valence-corrected chi connectivity index (χ2v) is 8.78. The molecular formula is C22H22N4O2S. The molecule has 3 heterocycles. The Balaban J connectivity index is 1.19. The number of anilines is 1. The second-order valence-electron chi connectivity index (χ2n) is 7.66. The van der Waals surface area contributed by atoms with Gasteiger partial charge in [-0.05, 0) is 24.3 Å². The number of rotatable bonds is 3. The average Bonchev–Trinajstić information content (AvgIpc) is 3.16. The molecule has 1 saturated heterocycles. The zero-order valence-electron chi connectivity index (χ0n) is 16.0. The van der Waals surface area contributed by atoms with Crippen LogP contribution in [0.1, 0.15) is 34.6 Å². The molecule has 0 aliphatic carbocycles. The maximum absolute atomic E-state index is 12.7. The molecule has 6 nitrogen and oxygen atoms in total. The number of thiazole rings is 1. The Kier molecular flexibility index (Phi) is 4.47. The van der Waals surface area contributed by atoms with Crippen LogP contribution in [-0.2, 0) is 11.2 Å². The first-order valence-corrected chi connectivity index (χ1v) is 10.8. The monoisotopic (exact) mass is 406 g/mol. The van der Waals surface area contributed by atoms with Gasteiger partial charge in [0.05, 0.1) is 20.8 Å². The van der Waals surface area contributed by atoms with E-state index in [1.54, 1.807) is 11.3 Å². The molecule has 2 aliphatic heterocycles. The van der Waals surface area contributed by atoms with Gasteiger partial charge in [-0.1, -0.05) is 24.3 Å². The van der Waals surface area contributed by atoms with Gasteiger partial charge in [0.1, 0.15) is 5.66 Å². The van der Waals surface area contributed by atoms with Crippen molar-refractivity contribution in [2.75, 3.05) is 18.4 Å². The lowest BCUT2D eigenvalue weighted by Gasteiger charge is -2.45. The number of aryl methyl sites for hydroxylation is 1. The Hall–Kier alpha value is -2.93. The molecule has 29 heavy (non-hydrogen) atoms. The Morgan fingerprint density at radius 2 is 1.83 bits per heavy atom. The Labute approximate surface area is 172 Å². The van der Waals surface area contributed by atoms with Crippen LogP contribution < -0.4 is 10.6 Å². The molecular weight excluding hydrogens is 384 g/mol. The molecule has 7 heteroatoms. The molecule has 0 atom stereocenters. The SMILES string of the molecule is O=C1NC2(CCN(C(=O)CCc3nc4ccccc4s3)CC2)Nc2ccccc21. The molecule has 2 aromatic carbocycles. The van der Waals surface area contributed by atoms with Crippen molar-refractivity contribution >= 4 is 39.1 Å². The van der Waals surface area contributed by atoms with Crippen molar-refractivity contribution in [3.8, 4) is 0 Å². The van der Waals surface area contributed by atoms with Crippen molar-refractivity contribution in [1.82, 2.24) is 15.2 Å². The van der Waals surface area contributed by atoms with Gasteiger partial charge in [0.25, 0.3) is 5.91 Å². The fourth-order valence-corrected chi connectivity index (χ4v) is 5.12. The molecule has 3 aromatic rings. The zero-order chi connectivity index (χ0) is 19.8. The van der Waals surface area contributed by atoms with E-state index in [0.717, 1.165) is 20.9 Å². The van der Waals surface area contributed by atoms with Gasteiger partial charge >= 0.3 is 0 Å². The maximum atomic E-state index is 12.7. The van der Waals surface area contributed by atoms with E-state index in [-0.39, 0.29) is 11.8 Å². The molecule has 1 fully saturated rings. The number of aromatic nitrogens is 1. The number of hydrogen-bond donors (Lipinski definition) is 2. The summed E-state index contributed by atoms with van der Waals surface area (Å²) in [6.45, 7) is 1.27. The predicted octanol–water partition coefficient (Wildman–Crippen LogP) is 3.40. The molecule has 1 spiro atoms. The summed E-state index contributed by atoms with van der Waals surface area (Å²) in [7, 11) is 0. The van der Waals surface area contributed by atoms with Crippen LogP contribution in [0.3, 0.4) is 0 Å².